The van der Waals surface area contributed by atoms with Crippen LogP contribution in [0.2, 0.25) is 0 Å². The molecular weight excluding hydrogens is 172 g/mol. The monoisotopic (exact) mass is 190 g/mol. The van der Waals surface area contributed by atoms with Crippen LogP contribution < -0.4 is 11.5 Å². The molecular formula is C8H18N2O3. The molecule has 1 rings (SSSR count). The minimum absolute atomic E-state index is 0.181. The summed E-state index contributed by atoms with van der Waals surface area (Å²) >= 11 is 0. The average molecular weight is 190 g/mol. The fraction of sp³-hybridized carbons (Fsp3) is 1.00. The molecule has 0 spiro atoms. The van der Waals surface area contributed by atoms with Gasteiger partial charge in [0, 0.05) is 6.42 Å². The standard InChI is InChI=1S/C8H18N2O3/c9-7(10)4-2-1-3-6(7)5-8(11,12)13/h6,11-13H,1-5,9-10H2. The van der Waals surface area contributed by atoms with Crippen LogP contribution in [0.15, 0.2) is 0 Å². The van der Waals surface area contributed by atoms with Gasteiger partial charge in [0.25, 0.3) is 5.97 Å². The van der Waals surface area contributed by atoms with Gasteiger partial charge in [-0.1, -0.05) is 12.8 Å². The number of nitrogens with two attached hydrogens (primary N) is 2. The number of rotatable bonds is 2. The van der Waals surface area contributed by atoms with E-state index in [0.717, 1.165) is 19.3 Å². The zero-order valence-corrected chi connectivity index (χ0v) is 7.61. The van der Waals surface area contributed by atoms with Crippen LogP contribution in [0.3, 0.4) is 0 Å². The van der Waals surface area contributed by atoms with Gasteiger partial charge in [-0.15, -0.1) is 0 Å². The Bertz CT molecular complexity index is 177. The largest absolute Gasteiger partial charge is 0.344 e. The maximum atomic E-state index is 8.80. The SMILES string of the molecule is NC1(N)CCCCC1CC(O)(O)O. The minimum Gasteiger partial charge on any atom is -0.344 e. The summed E-state index contributed by atoms with van der Waals surface area (Å²) in [5.74, 6) is -2.88. The first-order valence-corrected chi connectivity index (χ1v) is 4.56. The Hall–Kier alpha value is -0.200. The molecule has 0 aliphatic heterocycles. The molecule has 0 amide bonds. The Morgan fingerprint density at radius 1 is 1.23 bits per heavy atom. The molecule has 1 saturated carbocycles. The van der Waals surface area contributed by atoms with Crippen LogP contribution in [0.5, 0.6) is 0 Å². The first-order chi connectivity index (χ1) is 5.81. The van der Waals surface area contributed by atoms with Gasteiger partial charge in [0.1, 0.15) is 0 Å². The van der Waals surface area contributed by atoms with Crippen LogP contribution in [-0.2, 0) is 0 Å². The fourth-order valence-electron chi connectivity index (χ4n) is 1.92. The Balaban J connectivity index is 2.56. The summed E-state index contributed by atoms with van der Waals surface area (Å²) in [6.45, 7) is 0. The third kappa shape index (κ3) is 3.21. The van der Waals surface area contributed by atoms with Crippen LogP contribution in [0.25, 0.3) is 0 Å². The molecule has 78 valence electrons. The lowest BCUT2D eigenvalue weighted by atomic mass is 9.77. The highest BCUT2D eigenvalue weighted by molar-refractivity contribution is 4.89. The quantitative estimate of drug-likeness (QED) is 0.351. The van der Waals surface area contributed by atoms with Gasteiger partial charge < -0.3 is 26.8 Å². The van der Waals surface area contributed by atoms with Gasteiger partial charge in [0.15, 0.2) is 0 Å². The van der Waals surface area contributed by atoms with Crippen LogP contribution >= 0.6 is 0 Å². The fourth-order valence-corrected chi connectivity index (χ4v) is 1.92. The second kappa shape index (κ2) is 3.51. The van der Waals surface area contributed by atoms with Crippen molar-refractivity contribution in [1.29, 1.82) is 0 Å². The van der Waals surface area contributed by atoms with Crippen molar-refractivity contribution in [2.24, 2.45) is 17.4 Å². The van der Waals surface area contributed by atoms with E-state index in [1.807, 2.05) is 0 Å². The van der Waals surface area contributed by atoms with E-state index in [1.165, 1.54) is 0 Å². The van der Waals surface area contributed by atoms with E-state index >= 15 is 0 Å². The number of hydrogen-bond acceptors (Lipinski definition) is 5. The lowest BCUT2D eigenvalue weighted by molar-refractivity contribution is -0.322. The van der Waals surface area contributed by atoms with E-state index in [9.17, 15) is 0 Å². The predicted octanol–water partition coefficient (Wildman–Crippen LogP) is -1.19. The van der Waals surface area contributed by atoms with Gasteiger partial charge in [0.05, 0.1) is 5.66 Å². The highest BCUT2D eigenvalue weighted by atomic mass is 16.7. The molecule has 0 aromatic carbocycles. The van der Waals surface area contributed by atoms with Crippen LogP contribution in [0.1, 0.15) is 32.1 Å². The Morgan fingerprint density at radius 3 is 2.31 bits per heavy atom. The number of hydrogen-bond donors (Lipinski definition) is 5. The van der Waals surface area contributed by atoms with Gasteiger partial charge in [-0.2, -0.15) is 0 Å². The third-order valence-electron chi connectivity index (χ3n) is 2.69. The maximum absolute atomic E-state index is 8.80. The highest BCUT2D eigenvalue weighted by Crippen LogP contribution is 2.32. The summed E-state index contributed by atoms with van der Waals surface area (Å²) in [5.41, 5.74) is 10.7. The molecule has 1 aliphatic rings. The van der Waals surface area contributed by atoms with Crippen LogP contribution in [-0.4, -0.2) is 27.0 Å². The van der Waals surface area contributed by atoms with E-state index in [0.29, 0.717) is 6.42 Å². The molecule has 5 nitrogen and oxygen atoms in total. The summed E-state index contributed by atoms with van der Waals surface area (Å²) < 4.78 is 0. The minimum atomic E-state index is -2.65. The lowest BCUT2D eigenvalue weighted by Crippen LogP contribution is -2.58. The normalized spacial score (nSPS) is 28.8. The van der Waals surface area contributed by atoms with E-state index in [1.54, 1.807) is 0 Å². The zero-order chi connectivity index (χ0) is 10.1. The van der Waals surface area contributed by atoms with Crippen LogP contribution in [0, 0.1) is 5.92 Å². The van der Waals surface area contributed by atoms with Crippen molar-refractivity contribution < 1.29 is 15.3 Å². The second-order valence-electron chi connectivity index (χ2n) is 4.03. The van der Waals surface area contributed by atoms with Gasteiger partial charge >= 0.3 is 0 Å². The topological polar surface area (TPSA) is 113 Å². The summed E-state index contributed by atoms with van der Waals surface area (Å²) in [6.07, 6.45) is 3.14. The molecule has 0 aromatic heterocycles. The molecule has 1 aliphatic carbocycles. The molecule has 13 heavy (non-hydrogen) atoms. The molecule has 0 aromatic rings. The van der Waals surface area contributed by atoms with Crippen molar-refractivity contribution in [3.63, 3.8) is 0 Å². The Morgan fingerprint density at radius 2 is 1.85 bits per heavy atom. The maximum Gasteiger partial charge on any atom is 0.275 e. The van der Waals surface area contributed by atoms with Gasteiger partial charge in [-0.3, -0.25) is 0 Å². The smallest absolute Gasteiger partial charge is 0.275 e. The Kier molecular flexibility index (Phi) is 2.94. The van der Waals surface area contributed by atoms with Crippen molar-refractivity contribution in [2.45, 2.75) is 43.7 Å². The molecule has 1 atom stereocenters. The van der Waals surface area contributed by atoms with Gasteiger partial charge in [-0.25, -0.2) is 0 Å². The second-order valence-corrected chi connectivity index (χ2v) is 4.03. The van der Waals surface area contributed by atoms with Crippen LogP contribution in [0.4, 0.5) is 0 Å². The van der Waals surface area contributed by atoms with E-state index in [4.69, 9.17) is 26.8 Å². The molecule has 0 heterocycles. The molecule has 0 radical (unpaired) electrons. The molecule has 0 saturated heterocycles. The Labute approximate surface area is 77.4 Å². The van der Waals surface area contributed by atoms with E-state index < -0.39 is 11.6 Å². The average Bonchev–Trinajstić information content (AvgIpc) is 1.91. The summed E-state index contributed by atoms with van der Waals surface area (Å²) in [4.78, 5) is 0. The molecule has 1 fully saturated rings. The summed E-state index contributed by atoms with van der Waals surface area (Å²) in [7, 11) is 0. The van der Waals surface area contributed by atoms with E-state index in [2.05, 4.69) is 0 Å². The van der Waals surface area contributed by atoms with Crippen molar-refractivity contribution in [3.8, 4) is 0 Å². The number of aliphatic hydroxyl groups is 3. The molecule has 0 bridgehead atoms. The highest BCUT2D eigenvalue weighted by Gasteiger charge is 2.38. The predicted molar refractivity (Wildman–Crippen MR) is 47.1 cm³/mol. The van der Waals surface area contributed by atoms with Gasteiger partial charge in [-0.05, 0) is 18.8 Å². The molecule has 7 N–H and O–H groups in total. The van der Waals surface area contributed by atoms with Crippen molar-refractivity contribution >= 4 is 0 Å². The third-order valence-corrected chi connectivity index (χ3v) is 2.69. The summed E-state index contributed by atoms with van der Waals surface area (Å²) in [5, 5.41) is 26.4. The first-order valence-electron chi connectivity index (χ1n) is 4.56. The summed E-state index contributed by atoms with van der Waals surface area (Å²) in [6, 6.07) is 0. The van der Waals surface area contributed by atoms with E-state index in [-0.39, 0.29) is 12.3 Å². The first kappa shape index (κ1) is 10.9. The van der Waals surface area contributed by atoms with Crippen molar-refractivity contribution in [1.82, 2.24) is 0 Å². The molecule has 5 heteroatoms. The lowest BCUT2D eigenvalue weighted by Gasteiger charge is -2.39. The molecule has 1 unspecified atom stereocenters. The van der Waals surface area contributed by atoms with Gasteiger partial charge in [0.2, 0.25) is 0 Å². The zero-order valence-electron chi connectivity index (χ0n) is 7.61. The van der Waals surface area contributed by atoms with Crippen molar-refractivity contribution in [3.05, 3.63) is 0 Å². The van der Waals surface area contributed by atoms with Crippen molar-refractivity contribution in [2.75, 3.05) is 0 Å².